The maximum atomic E-state index is 12.2. The summed E-state index contributed by atoms with van der Waals surface area (Å²) in [5, 5.41) is 21.8. The molecule has 0 radical (unpaired) electrons. The van der Waals surface area contributed by atoms with Crippen LogP contribution in [0.1, 0.15) is 36.0 Å². The molecule has 0 spiro atoms. The summed E-state index contributed by atoms with van der Waals surface area (Å²) in [7, 11) is 0. The number of carbonyl (C=O) groups excluding carboxylic acids is 1. The van der Waals surface area contributed by atoms with Crippen LogP contribution in [-0.2, 0) is 4.74 Å². The molecule has 22 heavy (non-hydrogen) atoms. The number of benzene rings is 1. The van der Waals surface area contributed by atoms with Crippen LogP contribution in [0.15, 0.2) is 18.2 Å². The minimum atomic E-state index is -0.799. The van der Waals surface area contributed by atoms with Gasteiger partial charge in [-0.15, -0.1) is 0 Å². The average Bonchev–Trinajstić information content (AvgIpc) is 3.37. The van der Waals surface area contributed by atoms with E-state index in [1.807, 2.05) is 0 Å². The molecule has 116 valence electrons. The summed E-state index contributed by atoms with van der Waals surface area (Å²) in [6, 6.07) is 2.96. The molecule has 0 N–H and O–H groups in total. The molecule has 2 saturated carbocycles. The van der Waals surface area contributed by atoms with Gasteiger partial charge in [0.15, 0.2) is 0 Å². The predicted molar refractivity (Wildman–Crippen MR) is 74.4 cm³/mol. The number of nitro groups is 2. The minimum absolute atomic E-state index is 0.178. The Kier molecular flexibility index (Phi) is 3.51. The topological polar surface area (TPSA) is 113 Å². The summed E-state index contributed by atoms with van der Waals surface area (Å²) in [5.41, 5.74) is -1.25. The Morgan fingerprint density at radius 3 is 2.14 bits per heavy atom. The molecule has 0 saturated heterocycles. The second kappa shape index (κ2) is 5.36. The Bertz CT molecular complexity index is 639. The minimum Gasteiger partial charge on any atom is -0.458 e. The number of hydrogen-bond donors (Lipinski definition) is 0. The van der Waals surface area contributed by atoms with Gasteiger partial charge in [0.1, 0.15) is 11.7 Å². The van der Waals surface area contributed by atoms with E-state index >= 15 is 0 Å². The molecule has 2 aliphatic rings. The number of non-ortho nitro benzene ring substituents is 1. The van der Waals surface area contributed by atoms with Gasteiger partial charge in [-0.3, -0.25) is 20.2 Å². The highest BCUT2D eigenvalue weighted by Crippen LogP contribution is 2.46. The zero-order chi connectivity index (χ0) is 15.9. The van der Waals surface area contributed by atoms with Gasteiger partial charge in [0.2, 0.25) is 0 Å². The van der Waals surface area contributed by atoms with E-state index in [1.54, 1.807) is 0 Å². The van der Waals surface area contributed by atoms with Crippen LogP contribution in [0.5, 0.6) is 0 Å². The summed E-state index contributed by atoms with van der Waals surface area (Å²) < 4.78 is 5.46. The van der Waals surface area contributed by atoms with E-state index < -0.39 is 27.2 Å². The molecule has 0 bridgehead atoms. The molecule has 8 heteroatoms. The molecule has 0 heterocycles. The number of hydrogen-bond acceptors (Lipinski definition) is 6. The Morgan fingerprint density at radius 1 is 1.09 bits per heavy atom. The molecule has 1 aromatic carbocycles. The van der Waals surface area contributed by atoms with Crippen LogP contribution in [0.3, 0.4) is 0 Å². The van der Waals surface area contributed by atoms with Crippen molar-refractivity contribution in [2.75, 3.05) is 0 Å². The second-order valence-electron chi connectivity index (χ2n) is 5.76. The quantitative estimate of drug-likeness (QED) is 0.453. The third-order valence-electron chi connectivity index (χ3n) is 4.03. The van der Waals surface area contributed by atoms with Gasteiger partial charge < -0.3 is 4.74 Å². The van der Waals surface area contributed by atoms with Gasteiger partial charge in [0.25, 0.3) is 11.4 Å². The van der Waals surface area contributed by atoms with Crippen molar-refractivity contribution < 1.29 is 19.4 Å². The summed E-state index contributed by atoms with van der Waals surface area (Å²) in [5.74, 6) is -0.0625. The third-order valence-corrected chi connectivity index (χ3v) is 4.03. The van der Waals surface area contributed by atoms with E-state index in [-0.39, 0.29) is 11.7 Å². The molecule has 3 rings (SSSR count). The van der Waals surface area contributed by atoms with Crippen molar-refractivity contribution in [2.24, 2.45) is 11.8 Å². The first-order chi connectivity index (χ1) is 10.5. The van der Waals surface area contributed by atoms with Gasteiger partial charge in [0.05, 0.1) is 15.9 Å². The van der Waals surface area contributed by atoms with Crippen molar-refractivity contribution in [1.82, 2.24) is 0 Å². The normalized spacial score (nSPS) is 17.3. The smallest absolute Gasteiger partial charge is 0.345 e. The van der Waals surface area contributed by atoms with Crippen molar-refractivity contribution >= 4 is 17.3 Å². The number of carbonyl (C=O) groups is 1. The molecule has 0 aromatic heterocycles. The lowest BCUT2D eigenvalue weighted by molar-refractivity contribution is -0.394. The molecule has 8 nitrogen and oxygen atoms in total. The Balaban J connectivity index is 1.84. The summed E-state index contributed by atoms with van der Waals surface area (Å²) in [6.45, 7) is 0. The van der Waals surface area contributed by atoms with Crippen LogP contribution in [0, 0.1) is 32.1 Å². The van der Waals surface area contributed by atoms with Crippen LogP contribution < -0.4 is 0 Å². The lowest BCUT2D eigenvalue weighted by Gasteiger charge is -2.16. The van der Waals surface area contributed by atoms with Crippen molar-refractivity contribution in [3.8, 4) is 0 Å². The average molecular weight is 306 g/mol. The molecule has 2 fully saturated rings. The Morgan fingerprint density at radius 2 is 1.68 bits per heavy atom. The van der Waals surface area contributed by atoms with Gasteiger partial charge in [-0.1, -0.05) is 0 Å². The maximum Gasteiger partial charge on any atom is 0.345 e. The van der Waals surface area contributed by atoms with E-state index in [0.29, 0.717) is 11.8 Å². The van der Waals surface area contributed by atoms with Crippen molar-refractivity contribution in [3.05, 3.63) is 44.0 Å². The van der Waals surface area contributed by atoms with E-state index in [2.05, 4.69) is 0 Å². The highest BCUT2D eigenvalue weighted by Gasteiger charge is 2.44. The SMILES string of the molecule is O=C(OC(C1CC1)C1CC1)c1ccc([N+](=O)[O-])cc1[N+](=O)[O-]. The molecule has 1 aromatic rings. The first kappa shape index (κ1) is 14.4. The fraction of sp³-hybridized carbons (Fsp3) is 0.500. The second-order valence-corrected chi connectivity index (χ2v) is 5.76. The lowest BCUT2D eigenvalue weighted by atomic mass is 10.1. The van der Waals surface area contributed by atoms with Crippen molar-refractivity contribution in [3.63, 3.8) is 0 Å². The fourth-order valence-corrected chi connectivity index (χ4v) is 2.57. The zero-order valence-electron chi connectivity index (χ0n) is 11.6. The van der Waals surface area contributed by atoms with Crippen molar-refractivity contribution in [2.45, 2.75) is 31.8 Å². The van der Waals surface area contributed by atoms with E-state index in [0.717, 1.165) is 43.9 Å². The van der Waals surface area contributed by atoms with Crippen LogP contribution in [-0.4, -0.2) is 21.9 Å². The van der Waals surface area contributed by atoms with Gasteiger partial charge in [-0.25, -0.2) is 4.79 Å². The fourth-order valence-electron chi connectivity index (χ4n) is 2.57. The van der Waals surface area contributed by atoms with E-state index in [1.165, 1.54) is 0 Å². The Labute approximate surface area is 125 Å². The van der Waals surface area contributed by atoms with E-state index in [4.69, 9.17) is 4.74 Å². The van der Waals surface area contributed by atoms with Crippen LogP contribution in [0.25, 0.3) is 0 Å². The summed E-state index contributed by atoms with van der Waals surface area (Å²) >= 11 is 0. The number of esters is 1. The van der Waals surface area contributed by atoms with Gasteiger partial charge >= 0.3 is 5.97 Å². The number of nitro benzene ring substituents is 2. The number of ether oxygens (including phenoxy) is 1. The predicted octanol–water partition coefficient (Wildman–Crippen LogP) is 2.85. The monoisotopic (exact) mass is 306 g/mol. The maximum absolute atomic E-state index is 12.2. The number of nitrogens with zero attached hydrogens (tertiary/aromatic N) is 2. The van der Waals surface area contributed by atoms with Crippen LogP contribution >= 0.6 is 0 Å². The molecule has 0 aliphatic heterocycles. The zero-order valence-corrected chi connectivity index (χ0v) is 11.6. The van der Waals surface area contributed by atoms with Crippen molar-refractivity contribution in [1.29, 1.82) is 0 Å². The van der Waals surface area contributed by atoms with Crippen LogP contribution in [0.4, 0.5) is 11.4 Å². The molecule has 0 unspecified atom stereocenters. The number of rotatable bonds is 6. The van der Waals surface area contributed by atoms with Crippen LogP contribution in [0.2, 0.25) is 0 Å². The highest BCUT2D eigenvalue weighted by atomic mass is 16.6. The first-order valence-corrected chi connectivity index (χ1v) is 7.11. The van der Waals surface area contributed by atoms with E-state index in [9.17, 15) is 25.0 Å². The highest BCUT2D eigenvalue weighted by molar-refractivity contribution is 5.94. The third kappa shape index (κ3) is 2.90. The molecule has 0 atom stereocenters. The molecular formula is C14H14N2O6. The first-order valence-electron chi connectivity index (χ1n) is 7.11. The Hall–Kier alpha value is -2.51. The molecule has 0 amide bonds. The summed E-state index contributed by atoms with van der Waals surface area (Å²) in [4.78, 5) is 32.4. The lowest BCUT2D eigenvalue weighted by Crippen LogP contribution is -2.23. The van der Waals surface area contributed by atoms with Gasteiger partial charge in [-0.05, 0) is 43.6 Å². The van der Waals surface area contributed by atoms with Gasteiger partial charge in [0, 0.05) is 6.07 Å². The standard InChI is InChI=1S/C14H14N2O6/c17-14(22-13(8-1-2-8)9-3-4-9)11-6-5-10(15(18)19)7-12(11)16(20)21/h5-9,13H,1-4H2. The largest absolute Gasteiger partial charge is 0.458 e. The summed E-state index contributed by atoms with van der Waals surface area (Å²) in [6.07, 6.45) is 3.86. The molecule has 2 aliphatic carbocycles. The molecular weight excluding hydrogens is 292 g/mol. The van der Waals surface area contributed by atoms with Gasteiger partial charge in [-0.2, -0.15) is 0 Å².